The van der Waals surface area contributed by atoms with E-state index in [1.165, 1.54) is 6.33 Å². The van der Waals surface area contributed by atoms with Crippen LogP contribution in [0.15, 0.2) is 47.7 Å². The summed E-state index contributed by atoms with van der Waals surface area (Å²) in [6, 6.07) is 9.76. The summed E-state index contributed by atoms with van der Waals surface area (Å²) in [5.74, 6) is 0. The van der Waals surface area contributed by atoms with Gasteiger partial charge in [0, 0.05) is 5.39 Å². The van der Waals surface area contributed by atoms with Gasteiger partial charge in [0.2, 0.25) is 0 Å². The van der Waals surface area contributed by atoms with Gasteiger partial charge in [0.15, 0.2) is 10.4 Å². The lowest BCUT2D eigenvalue weighted by Gasteiger charge is -2.08. The molecule has 0 radical (unpaired) electrons. The highest BCUT2D eigenvalue weighted by Crippen LogP contribution is 2.18. The van der Waals surface area contributed by atoms with Crippen molar-refractivity contribution < 1.29 is 0 Å². The number of nitrogens with one attached hydrogen (secondary N) is 2. The molecule has 0 aliphatic heterocycles. The standard InChI is InChI=1S/C14H9N5OS/c20-13-11-12(17-7-16-11)19(14(21)18-13)9-5-8-3-1-2-4-10(8)15-6-9/h1-7H,(H,16,17)(H,18,20,21). The van der Waals surface area contributed by atoms with Gasteiger partial charge >= 0.3 is 0 Å². The lowest BCUT2D eigenvalue weighted by Crippen LogP contribution is -2.13. The van der Waals surface area contributed by atoms with Crippen LogP contribution in [0.25, 0.3) is 27.8 Å². The summed E-state index contributed by atoms with van der Waals surface area (Å²) < 4.78 is 1.99. The van der Waals surface area contributed by atoms with Gasteiger partial charge in [-0.3, -0.25) is 19.3 Å². The third kappa shape index (κ3) is 1.78. The first kappa shape index (κ1) is 12.0. The molecule has 0 spiro atoms. The van der Waals surface area contributed by atoms with E-state index in [-0.39, 0.29) is 10.3 Å². The number of hydrogen-bond acceptors (Lipinski definition) is 4. The van der Waals surface area contributed by atoms with Crippen LogP contribution in [0.2, 0.25) is 0 Å². The van der Waals surface area contributed by atoms with E-state index < -0.39 is 0 Å². The van der Waals surface area contributed by atoms with E-state index in [1.807, 2.05) is 30.3 Å². The molecule has 0 atom stereocenters. The molecule has 0 unspecified atom stereocenters. The number of hydrogen-bond donors (Lipinski definition) is 2. The lowest BCUT2D eigenvalue weighted by atomic mass is 10.2. The molecule has 4 aromatic rings. The number of H-pyrrole nitrogens is 2. The molecule has 102 valence electrons. The molecular formula is C14H9N5OS. The summed E-state index contributed by atoms with van der Waals surface area (Å²) in [5.41, 5.74) is 2.25. The number of aromatic amines is 2. The van der Waals surface area contributed by atoms with Gasteiger partial charge in [-0.05, 0) is 24.4 Å². The Balaban J connectivity index is 2.11. The van der Waals surface area contributed by atoms with Crippen LogP contribution in [-0.2, 0) is 0 Å². The monoisotopic (exact) mass is 295 g/mol. The molecule has 4 rings (SSSR count). The molecule has 21 heavy (non-hydrogen) atoms. The van der Waals surface area contributed by atoms with Gasteiger partial charge in [0.1, 0.15) is 5.52 Å². The summed E-state index contributed by atoms with van der Waals surface area (Å²) in [6.45, 7) is 0. The van der Waals surface area contributed by atoms with Crippen molar-refractivity contribution in [3.05, 3.63) is 58.0 Å². The smallest absolute Gasteiger partial charge is 0.277 e. The van der Waals surface area contributed by atoms with Crippen LogP contribution in [0.4, 0.5) is 0 Å². The lowest BCUT2D eigenvalue weighted by molar-refractivity contribution is 0.969. The van der Waals surface area contributed by atoms with Crippen molar-refractivity contribution in [2.45, 2.75) is 0 Å². The Labute approximate surface area is 123 Å². The minimum Gasteiger partial charge on any atom is -0.339 e. The number of pyridine rings is 1. The number of fused-ring (bicyclic) bond motifs is 2. The fraction of sp³-hybridized carbons (Fsp3) is 0. The topological polar surface area (TPSA) is 79.4 Å². The minimum atomic E-state index is -0.280. The van der Waals surface area contributed by atoms with E-state index in [1.54, 1.807) is 10.8 Å². The summed E-state index contributed by atoms with van der Waals surface area (Å²) >= 11 is 5.26. The Hall–Kier alpha value is -2.80. The van der Waals surface area contributed by atoms with Crippen LogP contribution in [-0.4, -0.2) is 24.5 Å². The van der Waals surface area contributed by atoms with Crippen LogP contribution < -0.4 is 5.56 Å². The Morgan fingerprint density at radius 2 is 2.05 bits per heavy atom. The highest BCUT2D eigenvalue weighted by Gasteiger charge is 2.10. The molecule has 3 heterocycles. The van der Waals surface area contributed by atoms with E-state index >= 15 is 0 Å². The largest absolute Gasteiger partial charge is 0.339 e. The molecule has 0 amide bonds. The summed E-state index contributed by atoms with van der Waals surface area (Å²) in [6.07, 6.45) is 3.18. The number of benzene rings is 1. The van der Waals surface area contributed by atoms with Gasteiger partial charge in [0.05, 0.1) is 23.7 Å². The first-order valence-electron chi connectivity index (χ1n) is 6.27. The number of rotatable bonds is 1. The molecule has 0 fully saturated rings. The fourth-order valence-corrected chi connectivity index (χ4v) is 2.64. The van der Waals surface area contributed by atoms with E-state index in [9.17, 15) is 4.79 Å². The Morgan fingerprint density at radius 1 is 1.19 bits per heavy atom. The number of imidazole rings is 1. The first-order valence-corrected chi connectivity index (χ1v) is 6.68. The molecule has 0 aliphatic carbocycles. The molecule has 7 heteroatoms. The third-order valence-corrected chi connectivity index (χ3v) is 3.60. The van der Waals surface area contributed by atoms with Gasteiger partial charge < -0.3 is 4.98 Å². The summed E-state index contributed by atoms with van der Waals surface area (Å²) in [4.78, 5) is 25.9. The van der Waals surface area contributed by atoms with Crippen LogP contribution in [0.5, 0.6) is 0 Å². The zero-order valence-corrected chi connectivity index (χ0v) is 11.5. The third-order valence-electron chi connectivity index (χ3n) is 3.32. The van der Waals surface area contributed by atoms with Crippen molar-refractivity contribution >= 4 is 34.3 Å². The number of nitrogens with zero attached hydrogens (tertiary/aromatic N) is 3. The van der Waals surface area contributed by atoms with Crippen molar-refractivity contribution in [1.82, 2.24) is 24.5 Å². The minimum absolute atomic E-state index is 0.280. The highest BCUT2D eigenvalue weighted by atomic mass is 32.1. The van der Waals surface area contributed by atoms with Crippen LogP contribution in [0, 0.1) is 4.77 Å². The molecular weight excluding hydrogens is 286 g/mol. The first-order chi connectivity index (χ1) is 10.2. The Morgan fingerprint density at radius 3 is 2.95 bits per heavy atom. The fourth-order valence-electron chi connectivity index (χ4n) is 2.36. The second-order valence-electron chi connectivity index (χ2n) is 4.58. The van der Waals surface area contributed by atoms with Crippen molar-refractivity contribution in [3.8, 4) is 5.69 Å². The molecule has 0 bridgehead atoms. The van der Waals surface area contributed by atoms with Crippen molar-refractivity contribution in [2.24, 2.45) is 0 Å². The van der Waals surface area contributed by atoms with Crippen LogP contribution >= 0.6 is 12.2 Å². The number of aromatic nitrogens is 5. The Bertz CT molecular complexity index is 1090. The average molecular weight is 295 g/mol. The molecule has 3 aromatic heterocycles. The van der Waals surface area contributed by atoms with Crippen molar-refractivity contribution in [1.29, 1.82) is 0 Å². The zero-order chi connectivity index (χ0) is 14.4. The molecule has 6 nitrogen and oxygen atoms in total. The Kier molecular flexibility index (Phi) is 2.48. The maximum atomic E-state index is 11.8. The predicted molar refractivity (Wildman–Crippen MR) is 82.2 cm³/mol. The number of para-hydroxylation sites is 1. The molecule has 1 aromatic carbocycles. The normalized spacial score (nSPS) is 11.2. The van der Waals surface area contributed by atoms with E-state index in [0.717, 1.165) is 16.6 Å². The summed E-state index contributed by atoms with van der Waals surface area (Å²) in [5, 5.41) is 0.992. The second kappa shape index (κ2) is 4.35. The molecule has 0 saturated carbocycles. The van der Waals surface area contributed by atoms with Gasteiger partial charge in [-0.25, -0.2) is 4.98 Å². The predicted octanol–water partition coefficient (Wildman–Crippen LogP) is 2.32. The molecule has 0 aliphatic rings. The quantitative estimate of drug-likeness (QED) is 0.528. The van der Waals surface area contributed by atoms with Gasteiger partial charge in [-0.1, -0.05) is 18.2 Å². The second-order valence-corrected chi connectivity index (χ2v) is 4.97. The van der Waals surface area contributed by atoms with Crippen LogP contribution in [0.1, 0.15) is 0 Å². The van der Waals surface area contributed by atoms with E-state index in [4.69, 9.17) is 12.2 Å². The van der Waals surface area contributed by atoms with Gasteiger partial charge in [-0.15, -0.1) is 0 Å². The van der Waals surface area contributed by atoms with Gasteiger partial charge in [-0.2, -0.15) is 0 Å². The maximum Gasteiger partial charge on any atom is 0.277 e. The van der Waals surface area contributed by atoms with Crippen molar-refractivity contribution in [2.75, 3.05) is 0 Å². The average Bonchev–Trinajstić information content (AvgIpc) is 2.97. The van der Waals surface area contributed by atoms with E-state index in [0.29, 0.717) is 11.2 Å². The highest BCUT2D eigenvalue weighted by molar-refractivity contribution is 7.71. The van der Waals surface area contributed by atoms with E-state index in [2.05, 4.69) is 19.9 Å². The molecule has 2 N–H and O–H groups in total. The summed E-state index contributed by atoms with van der Waals surface area (Å²) in [7, 11) is 0. The maximum absolute atomic E-state index is 11.8. The SMILES string of the molecule is O=c1[nH]c(=S)n(-c2cnc3ccccc3c2)c2nc[nH]c12. The van der Waals surface area contributed by atoms with Crippen molar-refractivity contribution in [3.63, 3.8) is 0 Å². The van der Waals surface area contributed by atoms with Crippen LogP contribution in [0.3, 0.4) is 0 Å². The zero-order valence-electron chi connectivity index (χ0n) is 10.7. The van der Waals surface area contributed by atoms with Gasteiger partial charge in [0.25, 0.3) is 5.56 Å². The molecule has 0 saturated heterocycles.